The molecule has 1 rings (SSSR count). The third-order valence-corrected chi connectivity index (χ3v) is 2.15. The first-order valence-electron chi connectivity index (χ1n) is 5.71. The molecule has 1 N–H and O–H groups in total. The zero-order valence-corrected chi connectivity index (χ0v) is 9.97. The van der Waals surface area contributed by atoms with Crippen molar-refractivity contribution in [2.75, 3.05) is 26.2 Å². The monoisotopic (exact) mass is 200 g/mol. The zero-order valence-electron chi connectivity index (χ0n) is 9.97. The van der Waals surface area contributed by atoms with E-state index in [1.165, 1.54) is 0 Å². The normalized spacial score (nSPS) is 17.1. The van der Waals surface area contributed by atoms with E-state index in [1.54, 1.807) is 0 Å². The van der Waals surface area contributed by atoms with E-state index in [9.17, 15) is 4.79 Å². The summed E-state index contributed by atoms with van der Waals surface area (Å²) in [6, 6.07) is 0. The Balaban J connectivity index is 0.000000791. The minimum absolute atomic E-state index is 0.142. The van der Waals surface area contributed by atoms with Crippen LogP contribution in [0.1, 0.15) is 34.1 Å². The number of carbonyl (C=O) groups is 1. The highest BCUT2D eigenvalue weighted by Gasteiger charge is 2.17. The van der Waals surface area contributed by atoms with Crippen molar-refractivity contribution in [2.24, 2.45) is 5.92 Å². The molecule has 1 heterocycles. The van der Waals surface area contributed by atoms with E-state index in [4.69, 9.17) is 0 Å². The lowest BCUT2D eigenvalue weighted by atomic mass is 10.2. The molecule has 0 radical (unpaired) electrons. The van der Waals surface area contributed by atoms with Crippen LogP contribution >= 0.6 is 0 Å². The van der Waals surface area contributed by atoms with Gasteiger partial charge in [0.05, 0.1) is 0 Å². The number of amides is 1. The number of hydrogen-bond donors (Lipinski definition) is 1. The minimum atomic E-state index is 0.142. The fourth-order valence-electron chi connectivity index (χ4n) is 1.43. The van der Waals surface area contributed by atoms with Gasteiger partial charge in [-0.25, -0.2) is 0 Å². The second-order valence-corrected chi connectivity index (χ2v) is 3.58. The summed E-state index contributed by atoms with van der Waals surface area (Å²) in [6.45, 7) is 11.7. The van der Waals surface area contributed by atoms with Crippen molar-refractivity contribution in [2.45, 2.75) is 34.1 Å². The van der Waals surface area contributed by atoms with Crippen LogP contribution < -0.4 is 5.32 Å². The summed E-state index contributed by atoms with van der Waals surface area (Å²) in [5.41, 5.74) is 0. The molecule has 0 aromatic heterocycles. The zero-order chi connectivity index (χ0) is 11.0. The van der Waals surface area contributed by atoms with Gasteiger partial charge in [-0.2, -0.15) is 0 Å². The van der Waals surface area contributed by atoms with Crippen LogP contribution in [0, 0.1) is 5.92 Å². The molecular weight excluding hydrogens is 176 g/mol. The quantitative estimate of drug-likeness (QED) is 0.695. The maximum absolute atomic E-state index is 11.5. The predicted molar refractivity (Wildman–Crippen MR) is 60.3 cm³/mol. The molecule has 0 aromatic rings. The van der Waals surface area contributed by atoms with E-state index < -0.39 is 0 Å². The molecule has 14 heavy (non-hydrogen) atoms. The highest BCUT2D eigenvalue weighted by Crippen LogP contribution is 2.03. The Labute approximate surface area is 87.9 Å². The number of nitrogens with one attached hydrogen (secondary N) is 1. The van der Waals surface area contributed by atoms with Gasteiger partial charge in [0.1, 0.15) is 0 Å². The molecule has 0 bridgehead atoms. The molecule has 1 fully saturated rings. The lowest BCUT2D eigenvalue weighted by Gasteiger charge is -2.21. The van der Waals surface area contributed by atoms with Crippen LogP contribution in [0.4, 0.5) is 0 Å². The summed E-state index contributed by atoms with van der Waals surface area (Å²) < 4.78 is 0. The molecule has 0 saturated carbocycles. The second-order valence-electron chi connectivity index (χ2n) is 3.58. The van der Waals surface area contributed by atoms with E-state index in [0.717, 1.165) is 32.6 Å². The Morgan fingerprint density at radius 3 is 2.43 bits per heavy atom. The van der Waals surface area contributed by atoms with E-state index in [2.05, 4.69) is 5.32 Å². The van der Waals surface area contributed by atoms with E-state index in [-0.39, 0.29) is 5.92 Å². The molecule has 1 amide bonds. The topological polar surface area (TPSA) is 32.3 Å². The molecule has 0 unspecified atom stereocenters. The first-order valence-corrected chi connectivity index (χ1v) is 5.71. The van der Waals surface area contributed by atoms with Crippen LogP contribution in [-0.2, 0) is 4.79 Å². The number of nitrogens with zero attached hydrogens (tertiary/aromatic N) is 1. The van der Waals surface area contributed by atoms with Gasteiger partial charge >= 0.3 is 0 Å². The Morgan fingerprint density at radius 1 is 1.21 bits per heavy atom. The number of carbonyl (C=O) groups excluding carboxylic acids is 1. The third-order valence-electron chi connectivity index (χ3n) is 2.15. The maximum atomic E-state index is 11.5. The molecule has 1 aliphatic rings. The SMILES string of the molecule is CC.CC(C)C(=O)N1CCCNCC1. The van der Waals surface area contributed by atoms with Crippen LogP contribution in [0.15, 0.2) is 0 Å². The van der Waals surface area contributed by atoms with Gasteiger partial charge in [0, 0.05) is 25.6 Å². The van der Waals surface area contributed by atoms with Crippen molar-refractivity contribution in [3.8, 4) is 0 Å². The maximum Gasteiger partial charge on any atom is 0.225 e. The number of rotatable bonds is 1. The Morgan fingerprint density at radius 2 is 1.86 bits per heavy atom. The van der Waals surface area contributed by atoms with Gasteiger partial charge in [0.15, 0.2) is 0 Å². The van der Waals surface area contributed by atoms with Crippen LogP contribution in [0.2, 0.25) is 0 Å². The van der Waals surface area contributed by atoms with E-state index in [0.29, 0.717) is 5.91 Å². The lowest BCUT2D eigenvalue weighted by molar-refractivity contribution is -0.134. The van der Waals surface area contributed by atoms with Gasteiger partial charge in [-0.05, 0) is 13.0 Å². The van der Waals surface area contributed by atoms with Crippen molar-refractivity contribution in [3.63, 3.8) is 0 Å². The van der Waals surface area contributed by atoms with Crippen LogP contribution in [0.25, 0.3) is 0 Å². The van der Waals surface area contributed by atoms with Crippen molar-refractivity contribution in [1.82, 2.24) is 10.2 Å². The Bertz CT molecular complexity index is 149. The van der Waals surface area contributed by atoms with E-state index in [1.807, 2.05) is 32.6 Å². The molecule has 0 aromatic carbocycles. The smallest absolute Gasteiger partial charge is 0.225 e. The summed E-state index contributed by atoms with van der Waals surface area (Å²) in [6.07, 6.45) is 1.08. The highest BCUT2D eigenvalue weighted by atomic mass is 16.2. The van der Waals surface area contributed by atoms with Gasteiger partial charge in [-0.15, -0.1) is 0 Å². The van der Waals surface area contributed by atoms with Gasteiger partial charge in [-0.3, -0.25) is 4.79 Å². The molecule has 84 valence electrons. The van der Waals surface area contributed by atoms with Crippen LogP contribution in [0.5, 0.6) is 0 Å². The average molecular weight is 200 g/mol. The van der Waals surface area contributed by atoms with Crippen molar-refractivity contribution >= 4 is 5.91 Å². The Hall–Kier alpha value is -0.570. The summed E-state index contributed by atoms with van der Waals surface area (Å²) in [5, 5.41) is 3.28. The second kappa shape index (κ2) is 7.80. The van der Waals surface area contributed by atoms with Crippen molar-refractivity contribution in [3.05, 3.63) is 0 Å². The van der Waals surface area contributed by atoms with Gasteiger partial charge in [0.25, 0.3) is 0 Å². The van der Waals surface area contributed by atoms with Crippen LogP contribution in [-0.4, -0.2) is 37.0 Å². The van der Waals surface area contributed by atoms with Gasteiger partial charge in [0.2, 0.25) is 5.91 Å². The third kappa shape index (κ3) is 4.61. The molecule has 1 aliphatic heterocycles. The summed E-state index contributed by atoms with van der Waals surface area (Å²) in [7, 11) is 0. The molecule has 1 saturated heterocycles. The average Bonchev–Trinajstić information content (AvgIpc) is 2.47. The Kier molecular flexibility index (Phi) is 7.48. The van der Waals surface area contributed by atoms with E-state index >= 15 is 0 Å². The van der Waals surface area contributed by atoms with Crippen molar-refractivity contribution < 1.29 is 4.79 Å². The highest BCUT2D eigenvalue weighted by molar-refractivity contribution is 5.78. The summed E-state index contributed by atoms with van der Waals surface area (Å²) in [4.78, 5) is 13.5. The summed E-state index contributed by atoms with van der Waals surface area (Å²) >= 11 is 0. The predicted octanol–water partition coefficient (Wildman–Crippen LogP) is 1.49. The molecule has 0 spiro atoms. The first kappa shape index (κ1) is 13.4. The van der Waals surface area contributed by atoms with Gasteiger partial charge < -0.3 is 10.2 Å². The lowest BCUT2D eigenvalue weighted by Crippen LogP contribution is -2.36. The molecular formula is C11H24N2O. The minimum Gasteiger partial charge on any atom is -0.341 e. The van der Waals surface area contributed by atoms with Crippen molar-refractivity contribution in [1.29, 1.82) is 0 Å². The van der Waals surface area contributed by atoms with Crippen LogP contribution in [0.3, 0.4) is 0 Å². The first-order chi connectivity index (χ1) is 6.72. The summed E-state index contributed by atoms with van der Waals surface area (Å²) in [5.74, 6) is 0.432. The standard InChI is InChI=1S/C9H18N2O.C2H6/c1-8(2)9(12)11-6-3-4-10-5-7-11;1-2/h8,10H,3-7H2,1-2H3;1-2H3. The largest absolute Gasteiger partial charge is 0.341 e. The molecule has 0 aliphatic carbocycles. The fraction of sp³-hybridized carbons (Fsp3) is 0.909. The van der Waals surface area contributed by atoms with Gasteiger partial charge in [-0.1, -0.05) is 27.7 Å². The molecule has 0 atom stereocenters. The molecule has 3 heteroatoms. The molecule has 3 nitrogen and oxygen atoms in total. The fourth-order valence-corrected chi connectivity index (χ4v) is 1.43. The number of hydrogen-bond acceptors (Lipinski definition) is 2.